The Hall–Kier alpha value is -0.520. The summed E-state index contributed by atoms with van der Waals surface area (Å²) in [4.78, 5) is 13.9. The summed E-state index contributed by atoms with van der Waals surface area (Å²) in [6.07, 6.45) is 1.16. The number of piperidine rings is 1. The van der Waals surface area contributed by atoms with Gasteiger partial charge in [-0.1, -0.05) is 11.6 Å². The Bertz CT molecular complexity index is 506. The first-order chi connectivity index (χ1) is 9.63. The lowest BCUT2D eigenvalue weighted by molar-refractivity contribution is 0.264. The van der Waals surface area contributed by atoms with Crippen molar-refractivity contribution in [3.8, 4) is 0 Å². The molecule has 1 aromatic heterocycles. The van der Waals surface area contributed by atoms with E-state index >= 15 is 0 Å². The van der Waals surface area contributed by atoms with Crippen molar-refractivity contribution >= 4 is 29.3 Å². The van der Waals surface area contributed by atoms with Gasteiger partial charge in [-0.15, -0.1) is 11.8 Å². The Morgan fingerprint density at radius 2 is 2.10 bits per heavy atom. The number of aromatic nitrogens is 2. The van der Waals surface area contributed by atoms with Gasteiger partial charge in [-0.25, -0.2) is 9.97 Å². The zero-order valence-electron chi connectivity index (χ0n) is 12.3. The first-order valence-electron chi connectivity index (χ1n) is 7.31. The lowest BCUT2D eigenvalue weighted by Crippen LogP contribution is -2.36. The molecule has 1 saturated heterocycles. The summed E-state index contributed by atoms with van der Waals surface area (Å²) in [7, 11) is 2.19. The number of hydrogen-bond acceptors (Lipinski definition) is 5. The van der Waals surface area contributed by atoms with Crippen LogP contribution >= 0.6 is 23.4 Å². The topological polar surface area (TPSA) is 32.3 Å². The van der Waals surface area contributed by atoms with Crippen molar-refractivity contribution in [2.45, 2.75) is 36.5 Å². The average molecular weight is 313 g/mol. The molecule has 2 aliphatic heterocycles. The van der Waals surface area contributed by atoms with E-state index in [1.54, 1.807) is 0 Å². The van der Waals surface area contributed by atoms with Gasteiger partial charge in [-0.05, 0) is 33.9 Å². The van der Waals surface area contributed by atoms with Gasteiger partial charge in [-0.3, -0.25) is 0 Å². The van der Waals surface area contributed by atoms with Gasteiger partial charge in [-0.2, -0.15) is 0 Å². The van der Waals surface area contributed by atoms with E-state index in [-0.39, 0.29) is 0 Å². The molecule has 20 heavy (non-hydrogen) atoms. The van der Waals surface area contributed by atoms with Crippen LogP contribution in [0.3, 0.4) is 0 Å². The van der Waals surface area contributed by atoms with Gasteiger partial charge in [0.15, 0.2) is 0 Å². The van der Waals surface area contributed by atoms with Crippen molar-refractivity contribution in [2.24, 2.45) is 0 Å². The number of hydrogen-bond donors (Lipinski definition) is 0. The van der Waals surface area contributed by atoms with E-state index < -0.39 is 0 Å². The predicted octanol–water partition coefficient (Wildman–Crippen LogP) is 2.87. The first kappa shape index (κ1) is 14.4. The van der Waals surface area contributed by atoms with Crippen molar-refractivity contribution in [3.05, 3.63) is 10.7 Å². The van der Waals surface area contributed by atoms with Crippen LogP contribution in [0.15, 0.2) is 5.03 Å². The van der Waals surface area contributed by atoms with Crippen molar-refractivity contribution in [1.82, 2.24) is 14.9 Å². The molecule has 4 nitrogen and oxygen atoms in total. The van der Waals surface area contributed by atoms with Crippen LogP contribution in [-0.4, -0.2) is 53.3 Å². The van der Waals surface area contributed by atoms with Crippen molar-refractivity contribution in [3.63, 3.8) is 0 Å². The fourth-order valence-corrected chi connectivity index (χ4v) is 5.05. The summed E-state index contributed by atoms with van der Waals surface area (Å²) in [6, 6.07) is 0. The van der Waals surface area contributed by atoms with Gasteiger partial charge in [0.2, 0.25) is 5.95 Å². The highest BCUT2D eigenvalue weighted by atomic mass is 35.5. The molecule has 0 spiro atoms. The van der Waals surface area contributed by atoms with Crippen molar-refractivity contribution in [2.75, 3.05) is 38.1 Å². The van der Waals surface area contributed by atoms with Gasteiger partial charge in [0.05, 0.1) is 0 Å². The van der Waals surface area contributed by atoms with Crippen LogP contribution in [0, 0.1) is 0 Å². The fraction of sp³-hybridized carbons (Fsp3) is 0.714. The highest BCUT2D eigenvalue weighted by Crippen LogP contribution is 2.50. The zero-order chi connectivity index (χ0) is 14.3. The lowest BCUT2D eigenvalue weighted by atomic mass is 9.91. The highest BCUT2D eigenvalue weighted by molar-refractivity contribution is 8.00. The summed E-state index contributed by atoms with van der Waals surface area (Å²) in [5.74, 6) is 1.31. The van der Waals surface area contributed by atoms with Gasteiger partial charge < -0.3 is 9.80 Å². The first-order valence-corrected chi connectivity index (χ1v) is 8.57. The minimum absolute atomic E-state index is 0.532. The normalized spacial score (nSPS) is 25.4. The van der Waals surface area contributed by atoms with E-state index in [4.69, 9.17) is 16.6 Å². The molecule has 0 aromatic carbocycles. The Kier molecular flexibility index (Phi) is 4.11. The third kappa shape index (κ3) is 2.40. The third-order valence-corrected chi connectivity index (χ3v) is 5.90. The number of rotatable bonds is 3. The molecule has 0 amide bonds. The maximum absolute atomic E-state index is 6.48. The van der Waals surface area contributed by atoms with Crippen molar-refractivity contribution in [1.29, 1.82) is 0 Å². The lowest BCUT2D eigenvalue weighted by Gasteiger charge is -2.31. The molecule has 2 aliphatic rings. The predicted molar refractivity (Wildman–Crippen MR) is 85.1 cm³/mol. The van der Waals surface area contributed by atoms with Crippen LogP contribution in [-0.2, 0) is 0 Å². The second kappa shape index (κ2) is 5.70. The fourth-order valence-electron chi connectivity index (χ4n) is 3.13. The molecule has 0 saturated carbocycles. The standard InChI is InChI=1S/C14H21ClN4S/c1-4-19(5-2)14-16-12(15)11-9-6-7-18(3)8-10(9)20-13(11)17-14/h9-10H,4-8H2,1-3H3. The molecule has 3 heterocycles. The van der Waals surface area contributed by atoms with Crippen LogP contribution < -0.4 is 4.90 Å². The average Bonchev–Trinajstić information content (AvgIpc) is 2.77. The summed E-state index contributed by atoms with van der Waals surface area (Å²) in [5.41, 5.74) is 1.20. The molecule has 3 rings (SSSR count). The zero-order valence-corrected chi connectivity index (χ0v) is 13.8. The quantitative estimate of drug-likeness (QED) is 0.801. The SMILES string of the molecule is CCN(CC)c1nc(Cl)c2c(n1)SC1CN(C)CCC21. The van der Waals surface area contributed by atoms with Gasteiger partial charge in [0, 0.05) is 36.4 Å². The minimum Gasteiger partial charge on any atom is -0.341 e. The Balaban J connectivity index is 1.95. The largest absolute Gasteiger partial charge is 0.341 e. The number of likely N-dealkylation sites (tertiary alicyclic amines) is 1. The second-order valence-corrected chi connectivity index (χ2v) is 7.11. The molecule has 2 unspecified atom stereocenters. The minimum atomic E-state index is 0.532. The molecule has 0 aliphatic carbocycles. The van der Waals surface area contributed by atoms with E-state index in [0.29, 0.717) is 16.3 Å². The third-order valence-electron chi connectivity index (χ3n) is 4.29. The molecule has 1 fully saturated rings. The smallest absolute Gasteiger partial charge is 0.227 e. The van der Waals surface area contributed by atoms with Gasteiger partial charge in [0.1, 0.15) is 10.2 Å². The van der Waals surface area contributed by atoms with E-state index in [0.717, 1.165) is 43.6 Å². The van der Waals surface area contributed by atoms with Gasteiger partial charge >= 0.3 is 0 Å². The summed E-state index contributed by atoms with van der Waals surface area (Å²) >= 11 is 8.37. The van der Waals surface area contributed by atoms with E-state index in [1.807, 2.05) is 11.8 Å². The second-order valence-electron chi connectivity index (χ2n) is 5.52. The summed E-state index contributed by atoms with van der Waals surface area (Å²) in [6.45, 7) is 8.31. The molecular weight excluding hydrogens is 292 g/mol. The van der Waals surface area contributed by atoms with Crippen LogP contribution in [0.5, 0.6) is 0 Å². The Morgan fingerprint density at radius 3 is 2.80 bits per heavy atom. The maximum Gasteiger partial charge on any atom is 0.227 e. The van der Waals surface area contributed by atoms with E-state index in [2.05, 4.69) is 35.7 Å². The van der Waals surface area contributed by atoms with Crippen LogP contribution in [0.25, 0.3) is 0 Å². The summed E-state index contributed by atoms with van der Waals surface area (Å²) in [5, 5.41) is 2.36. The molecule has 1 aromatic rings. The molecule has 0 bridgehead atoms. The molecule has 0 radical (unpaired) electrons. The van der Waals surface area contributed by atoms with Gasteiger partial charge in [0.25, 0.3) is 0 Å². The Labute approximate surface area is 129 Å². The molecule has 0 N–H and O–H groups in total. The van der Waals surface area contributed by atoms with Crippen LogP contribution in [0.4, 0.5) is 5.95 Å². The van der Waals surface area contributed by atoms with Crippen LogP contribution in [0.2, 0.25) is 5.15 Å². The van der Waals surface area contributed by atoms with E-state index in [1.165, 1.54) is 5.56 Å². The maximum atomic E-state index is 6.48. The van der Waals surface area contributed by atoms with E-state index in [9.17, 15) is 0 Å². The molecule has 6 heteroatoms. The number of nitrogens with zero attached hydrogens (tertiary/aromatic N) is 4. The summed E-state index contributed by atoms with van der Waals surface area (Å²) < 4.78 is 0. The van der Waals surface area contributed by atoms with Crippen molar-refractivity contribution < 1.29 is 0 Å². The molecule has 2 atom stereocenters. The number of fused-ring (bicyclic) bond motifs is 3. The monoisotopic (exact) mass is 312 g/mol. The molecule has 110 valence electrons. The molecular formula is C14H21ClN4S. The number of anilines is 1. The Morgan fingerprint density at radius 1 is 1.35 bits per heavy atom. The number of halogens is 1. The highest BCUT2D eigenvalue weighted by Gasteiger charge is 2.40. The van der Waals surface area contributed by atoms with Crippen LogP contribution in [0.1, 0.15) is 31.7 Å². The number of thioether (sulfide) groups is 1.